The highest BCUT2D eigenvalue weighted by Gasteiger charge is 2.28. The van der Waals surface area contributed by atoms with Crippen molar-refractivity contribution in [2.75, 3.05) is 13.2 Å². The second kappa shape index (κ2) is 12.3. The van der Waals surface area contributed by atoms with Crippen molar-refractivity contribution in [3.05, 3.63) is 35.4 Å². The van der Waals surface area contributed by atoms with Gasteiger partial charge in [-0.25, -0.2) is 0 Å². The molecule has 2 aromatic carbocycles. The van der Waals surface area contributed by atoms with Gasteiger partial charge in [0, 0.05) is 10.8 Å². The van der Waals surface area contributed by atoms with E-state index in [0.717, 1.165) is 63.2 Å². The monoisotopic (exact) mass is 468 g/mol. The van der Waals surface area contributed by atoms with Crippen LogP contribution in [0.1, 0.15) is 119 Å². The summed E-state index contributed by atoms with van der Waals surface area (Å²) < 4.78 is 13.2. The van der Waals surface area contributed by atoms with E-state index in [1.807, 2.05) is 0 Å². The van der Waals surface area contributed by atoms with Crippen LogP contribution >= 0.6 is 0 Å². The highest BCUT2D eigenvalue weighted by Crippen LogP contribution is 2.44. The minimum Gasteiger partial charge on any atom is -0.493 e. The van der Waals surface area contributed by atoms with Crippen molar-refractivity contribution in [3.63, 3.8) is 0 Å². The second-order valence-electron chi connectivity index (χ2n) is 11.2. The quantitative estimate of drug-likeness (QED) is 0.274. The summed E-state index contributed by atoms with van der Waals surface area (Å²) in [7, 11) is 0. The molecule has 0 aliphatic carbocycles. The molecule has 2 unspecified atom stereocenters. The van der Waals surface area contributed by atoms with E-state index in [-0.39, 0.29) is 10.8 Å². The summed E-state index contributed by atoms with van der Waals surface area (Å²) in [4.78, 5) is 0. The smallest absolute Gasteiger partial charge is 0.127 e. The first kappa shape index (κ1) is 28.5. The van der Waals surface area contributed by atoms with Crippen LogP contribution < -0.4 is 9.47 Å². The minimum atomic E-state index is 0.122. The van der Waals surface area contributed by atoms with Gasteiger partial charge in [0.1, 0.15) is 11.5 Å². The van der Waals surface area contributed by atoms with Crippen molar-refractivity contribution in [3.8, 4) is 11.5 Å². The maximum atomic E-state index is 6.58. The van der Waals surface area contributed by atoms with Crippen LogP contribution in [0.5, 0.6) is 11.5 Å². The van der Waals surface area contributed by atoms with E-state index < -0.39 is 0 Å². The fourth-order valence-electron chi connectivity index (χ4n) is 4.35. The van der Waals surface area contributed by atoms with Crippen LogP contribution in [0.2, 0.25) is 0 Å². The molecule has 34 heavy (non-hydrogen) atoms. The fourth-order valence-corrected chi connectivity index (χ4v) is 4.35. The Kier molecular flexibility index (Phi) is 10.3. The molecule has 0 radical (unpaired) electrons. The molecule has 2 atom stereocenters. The van der Waals surface area contributed by atoms with E-state index >= 15 is 0 Å². The summed E-state index contributed by atoms with van der Waals surface area (Å²) in [5.41, 5.74) is 2.96. The van der Waals surface area contributed by atoms with Crippen LogP contribution in [0.15, 0.2) is 24.3 Å². The molecular formula is C32H52O2. The van der Waals surface area contributed by atoms with E-state index in [1.54, 1.807) is 0 Å². The van der Waals surface area contributed by atoms with Crippen LogP contribution in [0.4, 0.5) is 0 Å². The molecule has 0 aromatic heterocycles. The molecule has 0 heterocycles. The molecular weight excluding hydrogens is 416 g/mol. The predicted molar refractivity (Wildman–Crippen MR) is 150 cm³/mol. The van der Waals surface area contributed by atoms with Gasteiger partial charge in [0.15, 0.2) is 0 Å². The lowest BCUT2D eigenvalue weighted by Crippen LogP contribution is -2.21. The van der Waals surface area contributed by atoms with Crippen LogP contribution in [-0.4, -0.2) is 13.2 Å². The van der Waals surface area contributed by atoms with E-state index in [0.29, 0.717) is 11.8 Å². The van der Waals surface area contributed by atoms with Gasteiger partial charge in [-0.05, 0) is 83.7 Å². The molecule has 0 saturated carbocycles. The van der Waals surface area contributed by atoms with Gasteiger partial charge in [0.25, 0.3) is 0 Å². The molecule has 2 heteroatoms. The third kappa shape index (κ3) is 6.29. The lowest BCUT2D eigenvalue weighted by atomic mass is 9.75. The zero-order valence-electron chi connectivity index (χ0n) is 23.9. The summed E-state index contributed by atoms with van der Waals surface area (Å²) in [6, 6.07) is 9.44. The molecule has 2 aromatic rings. The number of fused-ring (bicyclic) bond motifs is 1. The van der Waals surface area contributed by atoms with E-state index in [2.05, 4.69) is 93.5 Å². The maximum Gasteiger partial charge on any atom is 0.127 e. The molecule has 0 N–H and O–H groups in total. The van der Waals surface area contributed by atoms with Gasteiger partial charge in [0.05, 0.1) is 13.2 Å². The van der Waals surface area contributed by atoms with Gasteiger partial charge in [-0.1, -0.05) is 82.1 Å². The van der Waals surface area contributed by atoms with Gasteiger partial charge in [-0.2, -0.15) is 0 Å². The van der Waals surface area contributed by atoms with Gasteiger partial charge in [-0.15, -0.1) is 0 Å². The van der Waals surface area contributed by atoms with E-state index in [9.17, 15) is 0 Å². The van der Waals surface area contributed by atoms with Crippen LogP contribution in [-0.2, 0) is 10.8 Å². The van der Waals surface area contributed by atoms with Gasteiger partial charge < -0.3 is 9.47 Å². The Morgan fingerprint density at radius 2 is 0.912 bits per heavy atom. The highest BCUT2D eigenvalue weighted by molar-refractivity contribution is 5.95. The Bertz CT molecular complexity index is 830. The SMILES string of the molecule is CCC(C)COc1cc(C(C)(CC)CC)cc2c(OCC(C)CC)cc(C(C)(CC)CC)cc12. The molecule has 0 fully saturated rings. The van der Waals surface area contributed by atoms with Gasteiger partial charge >= 0.3 is 0 Å². The topological polar surface area (TPSA) is 18.5 Å². The normalized spacial score (nSPS) is 14.3. The minimum absolute atomic E-state index is 0.122. The predicted octanol–water partition coefficient (Wildman–Crippen LogP) is 9.84. The van der Waals surface area contributed by atoms with Crippen molar-refractivity contribution in [1.29, 1.82) is 0 Å². The van der Waals surface area contributed by atoms with E-state index in [4.69, 9.17) is 9.47 Å². The number of ether oxygens (including phenoxy) is 2. The summed E-state index contributed by atoms with van der Waals surface area (Å²) in [5, 5.41) is 2.40. The average Bonchev–Trinajstić information content (AvgIpc) is 2.88. The summed E-state index contributed by atoms with van der Waals surface area (Å²) in [6.45, 7) is 24.5. The van der Waals surface area contributed by atoms with Crippen molar-refractivity contribution < 1.29 is 9.47 Å². The first-order chi connectivity index (χ1) is 16.1. The van der Waals surface area contributed by atoms with Crippen molar-refractivity contribution in [2.24, 2.45) is 11.8 Å². The van der Waals surface area contributed by atoms with E-state index in [1.165, 1.54) is 21.9 Å². The van der Waals surface area contributed by atoms with Crippen LogP contribution in [0.3, 0.4) is 0 Å². The largest absolute Gasteiger partial charge is 0.493 e. The number of benzene rings is 2. The first-order valence-electron chi connectivity index (χ1n) is 14.0. The average molecular weight is 469 g/mol. The third-order valence-corrected chi connectivity index (χ3v) is 8.95. The fraction of sp³-hybridized carbons (Fsp3) is 0.688. The Balaban J connectivity index is 2.83. The first-order valence-corrected chi connectivity index (χ1v) is 14.0. The van der Waals surface area contributed by atoms with Crippen molar-refractivity contribution in [1.82, 2.24) is 0 Å². The number of rotatable bonds is 14. The molecule has 2 nitrogen and oxygen atoms in total. The molecule has 0 amide bonds. The number of hydrogen-bond donors (Lipinski definition) is 0. The van der Waals surface area contributed by atoms with Crippen molar-refractivity contribution >= 4 is 10.8 Å². The van der Waals surface area contributed by atoms with Gasteiger partial charge in [-0.3, -0.25) is 0 Å². The lowest BCUT2D eigenvalue weighted by molar-refractivity contribution is 0.256. The zero-order valence-corrected chi connectivity index (χ0v) is 23.9. The highest BCUT2D eigenvalue weighted by atomic mass is 16.5. The molecule has 0 bridgehead atoms. The van der Waals surface area contributed by atoms with Crippen LogP contribution in [0, 0.1) is 11.8 Å². The second-order valence-corrected chi connectivity index (χ2v) is 11.2. The molecule has 2 rings (SSSR count). The number of hydrogen-bond acceptors (Lipinski definition) is 2. The molecule has 192 valence electrons. The molecule has 0 saturated heterocycles. The summed E-state index contributed by atoms with van der Waals surface area (Å²) in [5.74, 6) is 3.10. The molecule has 0 aliphatic rings. The molecule has 0 spiro atoms. The summed E-state index contributed by atoms with van der Waals surface area (Å²) >= 11 is 0. The Labute approximate surface area is 210 Å². The maximum absolute atomic E-state index is 6.58. The standard InChI is InChI=1S/C32H52O2/c1-11-23(7)21-33-29-19-25(31(9,13-3)14-4)18-28-27(29)17-26(32(10,15-5)16-6)20-30(28)34-22-24(8)12-2/h17-20,23-24H,11-16,21-22H2,1-10H3. The third-order valence-electron chi connectivity index (χ3n) is 8.95. The Morgan fingerprint density at radius 1 is 0.588 bits per heavy atom. The summed E-state index contributed by atoms with van der Waals surface area (Å²) in [6.07, 6.45) is 6.65. The molecule has 0 aliphatic heterocycles. The van der Waals surface area contributed by atoms with Crippen LogP contribution in [0.25, 0.3) is 10.8 Å². The zero-order chi connectivity index (χ0) is 25.5. The Morgan fingerprint density at radius 3 is 1.18 bits per heavy atom. The lowest BCUT2D eigenvalue weighted by Gasteiger charge is -2.31. The van der Waals surface area contributed by atoms with Crippen molar-refractivity contribution in [2.45, 2.75) is 119 Å². The van der Waals surface area contributed by atoms with Gasteiger partial charge in [0.2, 0.25) is 0 Å². The Hall–Kier alpha value is -1.70.